The zero-order valence-corrected chi connectivity index (χ0v) is 19.2. The van der Waals surface area contributed by atoms with Crippen LogP contribution in [0.25, 0.3) is 11.3 Å². The third-order valence-electron chi connectivity index (χ3n) is 5.67. The number of ether oxygens (including phenoxy) is 1. The van der Waals surface area contributed by atoms with Crippen molar-refractivity contribution >= 4 is 11.8 Å². The first kappa shape index (κ1) is 23.0. The first-order valence-corrected chi connectivity index (χ1v) is 11.4. The first-order chi connectivity index (χ1) is 16.0. The van der Waals surface area contributed by atoms with Gasteiger partial charge in [0.25, 0.3) is 0 Å². The molecule has 33 heavy (non-hydrogen) atoms. The molecule has 0 spiro atoms. The SMILES string of the molecule is CC(C)CN(Cc1c(-c2ccc(F)cc2)noc1N1CCOCC1)C(=O)Cc1ccccc1. The van der Waals surface area contributed by atoms with E-state index >= 15 is 0 Å². The summed E-state index contributed by atoms with van der Waals surface area (Å²) in [4.78, 5) is 17.3. The van der Waals surface area contributed by atoms with Crippen LogP contribution in [0.1, 0.15) is 25.0 Å². The third-order valence-corrected chi connectivity index (χ3v) is 5.67. The van der Waals surface area contributed by atoms with Crippen LogP contribution in [0.5, 0.6) is 0 Å². The van der Waals surface area contributed by atoms with Gasteiger partial charge in [0.15, 0.2) is 0 Å². The average Bonchev–Trinajstić information content (AvgIpc) is 3.23. The number of amides is 1. The van der Waals surface area contributed by atoms with Crippen molar-refractivity contribution in [1.29, 1.82) is 0 Å². The summed E-state index contributed by atoms with van der Waals surface area (Å²) in [5, 5.41) is 4.35. The summed E-state index contributed by atoms with van der Waals surface area (Å²) in [6.45, 7) is 7.76. The highest BCUT2D eigenvalue weighted by Crippen LogP contribution is 2.33. The molecular formula is C26H30FN3O3. The minimum absolute atomic E-state index is 0.0501. The number of aromatic nitrogens is 1. The molecule has 3 aromatic rings. The van der Waals surface area contributed by atoms with E-state index in [1.807, 2.05) is 35.2 Å². The molecule has 1 aliphatic heterocycles. The second-order valence-electron chi connectivity index (χ2n) is 8.75. The molecule has 1 fully saturated rings. The molecule has 0 N–H and O–H groups in total. The van der Waals surface area contributed by atoms with Crippen molar-refractivity contribution in [1.82, 2.24) is 10.1 Å². The van der Waals surface area contributed by atoms with Crippen molar-refractivity contribution in [3.63, 3.8) is 0 Å². The van der Waals surface area contributed by atoms with Crippen LogP contribution in [0.15, 0.2) is 59.1 Å². The Balaban J connectivity index is 1.67. The van der Waals surface area contributed by atoms with Crippen LogP contribution in [0.4, 0.5) is 10.3 Å². The van der Waals surface area contributed by atoms with E-state index < -0.39 is 0 Å². The number of nitrogens with zero attached hydrogens (tertiary/aromatic N) is 3. The highest BCUT2D eigenvalue weighted by atomic mass is 19.1. The topological polar surface area (TPSA) is 58.8 Å². The maximum Gasteiger partial charge on any atom is 0.233 e. The fourth-order valence-electron chi connectivity index (χ4n) is 4.06. The van der Waals surface area contributed by atoms with Gasteiger partial charge in [-0.2, -0.15) is 0 Å². The Morgan fingerprint density at radius 1 is 1.09 bits per heavy atom. The second-order valence-corrected chi connectivity index (χ2v) is 8.75. The quantitative estimate of drug-likeness (QED) is 0.503. The molecule has 0 saturated carbocycles. The standard InChI is InChI=1S/C26H30FN3O3/c1-19(2)17-30(24(31)16-20-6-4-3-5-7-20)18-23-25(21-8-10-22(27)11-9-21)28-33-26(23)29-12-14-32-15-13-29/h3-11,19H,12-18H2,1-2H3. The molecule has 1 aromatic heterocycles. The molecule has 1 amide bonds. The minimum Gasteiger partial charge on any atom is -0.378 e. The lowest BCUT2D eigenvalue weighted by molar-refractivity contribution is -0.131. The van der Waals surface area contributed by atoms with Crippen molar-refractivity contribution in [2.24, 2.45) is 5.92 Å². The Hall–Kier alpha value is -3.19. The normalized spacial score (nSPS) is 14.0. The van der Waals surface area contributed by atoms with E-state index in [4.69, 9.17) is 9.26 Å². The predicted octanol–water partition coefficient (Wildman–Crippen LogP) is 4.54. The number of carbonyl (C=O) groups is 1. The number of hydrogen-bond donors (Lipinski definition) is 0. The van der Waals surface area contributed by atoms with Gasteiger partial charge in [0, 0.05) is 25.2 Å². The molecule has 1 aliphatic rings. The summed E-state index contributed by atoms with van der Waals surface area (Å²) in [6, 6.07) is 16.0. The molecule has 2 aromatic carbocycles. The summed E-state index contributed by atoms with van der Waals surface area (Å²) in [5.74, 6) is 0.690. The van der Waals surface area contributed by atoms with Crippen LogP contribution < -0.4 is 4.90 Å². The molecule has 7 heteroatoms. The number of morpholine rings is 1. The van der Waals surface area contributed by atoms with Gasteiger partial charge in [-0.15, -0.1) is 0 Å². The van der Waals surface area contributed by atoms with Gasteiger partial charge in [-0.25, -0.2) is 4.39 Å². The number of anilines is 1. The molecule has 0 atom stereocenters. The van der Waals surface area contributed by atoms with Crippen LogP contribution in [0, 0.1) is 11.7 Å². The zero-order valence-electron chi connectivity index (χ0n) is 19.2. The largest absolute Gasteiger partial charge is 0.378 e. The predicted molar refractivity (Wildman–Crippen MR) is 125 cm³/mol. The number of carbonyl (C=O) groups excluding carboxylic acids is 1. The average molecular weight is 452 g/mol. The maximum absolute atomic E-state index is 13.5. The smallest absolute Gasteiger partial charge is 0.233 e. The molecule has 1 saturated heterocycles. The monoisotopic (exact) mass is 451 g/mol. The van der Waals surface area contributed by atoms with Crippen molar-refractivity contribution in [2.75, 3.05) is 37.7 Å². The Morgan fingerprint density at radius 3 is 2.45 bits per heavy atom. The highest BCUT2D eigenvalue weighted by molar-refractivity contribution is 5.79. The molecule has 0 aliphatic carbocycles. The summed E-state index contributed by atoms with van der Waals surface area (Å²) in [6.07, 6.45) is 0.331. The van der Waals surface area contributed by atoms with Crippen LogP contribution in [-0.4, -0.2) is 48.8 Å². The van der Waals surface area contributed by atoms with Crippen molar-refractivity contribution in [3.05, 3.63) is 71.5 Å². The fourth-order valence-corrected chi connectivity index (χ4v) is 4.06. The number of rotatable bonds is 8. The maximum atomic E-state index is 13.5. The van der Waals surface area contributed by atoms with Gasteiger partial charge in [0.2, 0.25) is 11.8 Å². The van der Waals surface area contributed by atoms with Crippen molar-refractivity contribution < 1.29 is 18.4 Å². The van der Waals surface area contributed by atoms with Crippen molar-refractivity contribution in [2.45, 2.75) is 26.8 Å². The van der Waals surface area contributed by atoms with Gasteiger partial charge in [-0.05, 0) is 35.7 Å². The van der Waals surface area contributed by atoms with Gasteiger partial charge < -0.3 is 19.1 Å². The Labute approximate surface area is 193 Å². The summed E-state index contributed by atoms with van der Waals surface area (Å²) in [5.41, 5.74) is 3.21. The van der Waals surface area contributed by atoms with Crippen LogP contribution in [0.3, 0.4) is 0 Å². The van der Waals surface area contributed by atoms with E-state index in [9.17, 15) is 9.18 Å². The van der Waals surface area contributed by atoms with E-state index in [1.165, 1.54) is 12.1 Å². The molecule has 0 radical (unpaired) electrons. The van der Waals surface area contributed by atoms with E-state index in [2.05, 4.69) is 23.9 Å². The molecule has 0 unspecified atom stereocenters. The number of hydrogen-bond acceptors (Lipinski definition) is 5. The molecule has 2 heterocycles. The first-order valence-electron chi connectivity index (χ1n) is 11.4. The summed E-state index contributed by atoms with van der Waals surface area (Å²) >= 11 is 0. The van der Waals surface area contributed by atoms with Gasteiger partial charge in [0.1, 0.15) is 11.5 Å². The van der Waals surface area contributed by atoms with Crippen LogP contribution in [-0.2, 0) is 22.5 Å². The molecular weight excluding hydrogens is 421 g/mol. The Morgan fingerprint density at radius 2 is 1.79 bits per heavy atom. The van der Waals surface area contributed by atoms with Crippen LogP contribution in [0.2, 0.25) is 0 Å². The van der Waals surface area contributed by atoms with Gasteiger partial charge in [0.05, 0.1) is 31.7 Å². The lowest BCUT2D eigenvalue weighted by Crippen LogP contribution is -2.38. The number of halogens is 1. The third kappa shape index (κ3) is 5.79. The lowest BCUT2D eigenvalue weighted by Gasteiger charge is -2.29. The van der Waals surface area contributed by atoms with Gasteiger partial charge in [-0.1, -0.05) is 49.3 Å². The molecule has 0 bridgehead atoms. The second kappa shape index (κ2) is 10.6. The summed E-state index contributed by atoms with van der Waals surface area (Å²) in [7, 11) is 0. The Bertz CT molecular complexity index is 1040. The van der Waals surface area contributed by atoms with E-state index in [-0.39, 0.29) is 11.7 Å². The van der Waals surface area contributed by atoms with Gasteiger partial charge >= 0.3 is 0 Å². The molecule has 174 valence electrons. The molecule has 6 nitrogen and oxygen atoms in total. The molecule has 4 rings (SSSR count). The van der Waals surface area contributed by atoms with E-state index in [1.54, 1.807) is 12.1 Å². The van der Waals surface area contributed by atoms with E-state index in [0.29, 0.717) is 63.3 Å². The number of benzene rings is 2. The lowest BCUT2D eigenvalue weighted by atomic mass is 10.0. The minimum atomic E-state index is -0.309. The highest BCUT2D eigenvalue weighted by Gasteiger charge is 2.27. The fraction of sp³-hybridized carbons (Fsp3) is 0.385. The van der Waals surface area contributed by atoms with Gasteiger partial charge in [-0.3, -0.25) is 4.79 Å². The zero-order chi connectivity index (χ0) is 23.2. The Kier molecular flexibility index (Phi) is 7.40. The van der Waals surface area contributed by atoms with E-state index in [0.717, 1.165) is 16.7 Å². The van der Waals surface area contributed by atoms with Crippen molar-refractivity contribution in [3.8, 4) is 11.3 Å². The summed E-state index contributed by atoms with van der Waals surface area (Å²) < 4.78 is 24.9. The van der Waals surface area contributed by atoms with Crippen LogP contribution >= 0.6 is 0 Å².